The predicted molar refractivity (Wildman–Crippen MR) is 132 cm³/mol. The number of hydrogen-bond acceptors (Lipinski definition) is 7. The second-order valence-electron chi connectivity index (χ2n) is 8.50. The van der Waals surface area contributed by atoms with Gasteiger partial charge in [0.05, 0.1) is 21.7 Å². The molecule has 2 aromatic heterocycles. The van der Waals surface area contributed by atoms with Crippen LogP contribution in [-0.2, 0) is 19.6 Å². The van der Waals surface area contributed by atoms with E-state index < -0.39 is 33.6 Å². The minimum absolute atomic E-state index is 0.0297. The van der Waals surface area contributed by atoms with Crippen LogP contribution in [0.15, 0.2) is 28.5 Å². The van der Waals surface area contributed by atoms with Crippen LogP contribution in [-0.4, -0.2) is 55.5 Å². The maximum Gasteiger partial charge on any atom is 0.253 e. The molecule has 188 valence electrons. The highest BCUT2D eigenvalue weighted by atomic mass is 35.5. The number of sulfonamides is 1. The fraction of sp³-hybridized carbons (Fsp3) is 0.455. The number of carbonyl (C=O) groups is 1. The van der Waals surface area contributed by atoms with Gasteiger partial charge in [0.2, 0.25) is 5.91 Å². The van der Waals surface area contributed by atoms with Gasteiger partial charge in [-0.05, 0) is 43.9 Å². The van der Waals surface area contributed by atoms with Crippen molar-refractivity contribution in [3.63, 3.8) is 0 Å². The van der Waals surface area contributed by atoms with Crippen molar-refractivity contribution >= 4 is 65.6 Å². The highest BCUT2D eigenvalue weighted by Gasteiger charge is 2.41. The van der Waals surface area contributed by atoms with Crippen LogP contribution in [0.25, 0.3) is 10.2 Å². The van der Waals surface area contributed by atoms with E-state index >= 15 is 0 Å². The molecule has 0 radical (unpaired) electrons. The van der Waals surface area contributed by atoms with Crippen molar-refractivity contribution in [2.24, 2.45) is 0 Å². The molecule has 0 saturated carbocycles. The van der Waals surface area contributed by atoms with Gasteiger partial charge >= 0.3 is 0 Å². The minimum atomic E-state index is -3.95. The van der Waals surface area contributed by atoms with Crippen molar-refractivity contribution in [1.29, 1.82) is 0 Å². The molecule has 2 unspecified atom stereocenters. The van der Waals surface area contributed by atoms with E-state index in [9.17, 15) is 22.0 Å². The molecule has 35 heavy (non-hydrogen) atoms. The average molecular weight is 562 g/mol. The lowest BCUT2D eigenvalue weighted by Gasteiger charge is -2.36. The van der Waals surface area contributed by atoms with E-state index in [-0.39, 0.29) is 38.8 Å². The molecule has 4 heterocycles. The molecule has 7 nitrogen and oxygen atoms in total. The fourth-order valence-electron chi connectivity index (χ4n) is 4.49. The molecule has 3 aromatic rings. The Morgan fingerprint density at radius 1 is 1.20 bits per heavy atom. The number of halogens is 3. The molecule has 2 fully saturated rings. The third kappa shape index (κ3) is 4.96. The zero-order chi connectivity index (χ0) is 24.7. The average Bonchev–Trinajstić information content (AvgIpc) is 3.58. The Morgan fingerprint density at radius 2 is 2.03 bits per heavy atom. The van der Waals surface area contributed by atoms with Crippen LogP contribution in [0, 0.1) is 11.6 Å². The lowest BCUT2D eigenvalue weighted by molar-refractivity contribution is -0.123. The second-order valence-corrected chi connectivity index (χ2v) is 13.3. The molecule has 13 heteroatoms. The highest BCUT2D eigenvalue weighted by Crippen LogP contribution is 2.36. The van der Waals surface area contributed by atoms with E-state index in [1.54, 1.807) is 0 Å². The van der Waals surface area contributed by atoms with E-state index in [0.717, 1.165) is 41.6 Å². The van der Waals surface area contributed by atoms with Crippen molar-refractivity contribution < 1.29 is 26.7 Å². The second kappa shape index (κ2) is 9.98. The van der Waals surface area contributed by atoms with E-state index in [4.69, 9.17) is 16.3 Å². The Labute approximate surface area is 214 Å². The van der Waals surface area contributed by atoms with Crippen LogP contribution in [0.4, 0.5) is 13.9 Å². The molecule has 2 aliphatic rings. The monoisotopic (exact) mass is 561 g/mol. The van der Waals surface area contributed by atoms with Crippen molar-refractivity contribution in [1.82, 2.24) is 9.29 Å². The summed E-state index contributed by atoms with van der Waals surface area (Å²) in [5.74, 6) is -2.00. The molecule has 2 atom stereocenters. The summed E-state index contributed by atoms with van der Waals surface area (Å²) in [7, 11) is -3.95. The van der Waals surface area contributed by atoms with Crippen molar-refractivity contribution in [2.75, 3.05) is 24.6 Å². The third-order valence-corrected chi connectivity index (χ3v) is 10.8. The summed E-state index contributed by atoms with van der Waals surface area (Å²) in [5, 5.41) is 0.187. The number of thiazole rings is 1. The summed E-state index contributed by atoms with van der Waals surface area (Å²) in [4.78, 5) is 19.6. The highest BCUT2D eigenvalue weighted by molar-refractivity contribution is 7.91. The lowest BCUT2D eigenvalue weighted by Crippen LogP contribution is -2.54. The zero-order valence-corrected chi connectivity index (χ0v) is 21.7. The van der Waals surface area contributed by atoms with Gasteiger partial charge in [0.25, 0.3) is 10.0 Å². The molecule has 0 bridgehead atoms. The molecule has 2 aliphatic heterocycles. The predicted octanol–water partition coefficient (Wildman–Crippen LogP) is 5.04. The number of thiophene rings is 1. The number of nitrogens with zero attached hydrogens (tertiary/aromatic N) is 3. The Hall–Kier alpha value is -1.70. The lowest BCUT2D eigenvalue weighted by atomic mass is 10.0. The van der Waals surface area contributed by atoms with E-state index in [1.165, 1.54) is 27.4 Å². The number of anilines is 1. The van der Waals surface area contributed by atoms with Gasteiger partial charge < -0.3 is 4.74 Å². The first-order chi connectivity index (χ1) is 16.7. The van der Waals surface area contributed by atoms with Gasteiger partial charge in [-0.3, -0.25) is 9.69 Å². The van der Waals surface area contributed by atoms with Crippen LogP contribution in [0.3, 0.4) is 0 Å². The molecule has 0 aliphatic carbocycles. The van der Waals surface area contributed by atoms with Gasteiger partial charge in [0.15, 0.2) is 10.9 Å². The Kier molecular flexibility index (Phi) is 7.12. The van der Waals surface area contributed by atoms with Crippen LogP contribution in [0.1, 0.15) is 32.1 Å². The van der Waals surface area contributed by atoms with Crippen LogP contribution >= 0.6 is 34.3 Å². The maximum absolute atomic E-state index is 14.4. The van der Waals surface area contributed by atoms with Crippen molar-refractivity contribution in [2.45, 2.75) is 48.5 Å². The SMILES string of the molecule is O=C(C1CCCCN1S(=O)(=O)c1ccc(Cl)s1)N(CC1CCCO1)c1nc2c(F)cc(F)cc2s1. The minimum Gasteiger partial charge on any atom is -0.376 e. The Bertz CT molecular complexity index is 1360. The quantitative estimate of drug-likeness (QED) is 0.421. The summed E-state index contributed by atoms with van der Waals surface area (Å²) in [5.41, 5.74) is -0.0297. The molecular weight excluding hydrogens is 540 g/mol. The first kappa shape index (κ1) is 25.0. The Balaban J connectivity index is 1.52. The molecule has 2 saturated heterocycles. The van der Waals surface area contributed by atoms with Crippen molar-refractivity contribution in [3.05, 3.63) is 40.2 Å². The van der Waals surface area contributed by atoms with Crippen LogP contribution in [0.2, 0.25) is 4.34 Å². The first-order valence-electron chi connectivity index (χ1n) is 11.2. The maximum atomic E-state index is 14.4. The number of piperidine rings is 1. The fourth-order valence-corrected chi connectivity index (χ4v) is 8.77. The number of rotatable bonds is 6. The number of benzene rings is 1. The molecule has 1 aromatic carbocycles. The zero-order valence-electron chi connectivity index (χ0n) is 18.5. The van der Waals surface area contributed by atoms with Gasteiger partial charge in [0, 0.05) is 19.2 Å². The van der Waals surface area contributed by atoms with Gasteiger partial charge in [0.1, 0.15) is 21.6 Å². The summed E-state index contributed by atoms with van der Waals surface area (Å²) in [6.45, 7) is 0.912. The van der Waals surface area contributed by atoms with E-state index in [0.29, 0.717) is 30.2 Å². The van der Waals surface area contributed by atoms with E-state index in [1.807, 2.05) is 0 Å². The van der Waals surface area contributed by atoms with Gasteiger partial charge in [-0.2, -0.15) is 4.31 Å². The first-order valence-corrected chi connectivity index (χ1v) is 14.6. The van der Waals surface area contributed by atoms with E-state index in [2.05, 4.69) is 4.98 Å². The molecular formula is C22H22ClF2N3O4S3. The summed E-state index contributed by atoms with van der Waals surface area (Å²) < 4.78 is 62.6. The summed E-state index contributed by atoms with van der Waals surface area (Å²) in [6.07, 6.45) is 2.97. The largest absolute Gasteiger partial charge is 0.376 e. The smallest absolute Gasteiger partial charge is 0.253 e. The number of fused-ring (bicyclic) bond motifs is 1. The number of ether oxygens (including phenoxy) is 1. The Morgan fingerprint density at radius 3 is 2.74 bits per heavy atom. The third-order valence-electron chi connectivity index (χ3n) is 6.16. The van der Waals surface area contributed by atoms with Crippen molar-refractivity contribution in [3.8, 4) is 0 Å². The molecule has 1 amide bonds. The normalized spacial score (nSPS) is 21.6. The molecule has 5 rings (SSSR count). The number of carbonyl (C=O) groups excluding carboxylic acids is 1. The topological polar surface area (TPSA) is 79.8 Å². The van der Waals surface area contributed by atoms with Crippen LogP contribution < -0.4 is 4.90 Å². The van der Waals surface area contributed by atoms with Crippen LogP contribution in [0.5, 0.6) is 0 Å². The standard InChI is InChI=1S/C22H22ClF2N3O4S3/c23-18-6-7-19(34-18)35(30,31)28-8-2-1-5-16(28)21(29)27(12-14-4-3-9-32-14)22-26-20-15(25)10-13(24)11-17(20)33-22/h6-7,10-11,14,16H,1-5,8-9,12H2. The number of amides is 1. The summed E-state index contributed by atoms with van der Waals surface area (Å²) >= 11 is 7.91. The van der Waals surface area contributed by atoms with Gasteiger partial charge in [-0.1, -0.05) is 29.4 Å². The molecule has 0 N–H and O–H groups in total. The van der Waals surface area contributed by atoms with Gasteiger partial charge in [-0.15, -0.1) is 11.3 Å². The number of hydrogen-bond donors (Lipinski definition) is 0. The summed E-state index contributed by atoms with van der Waals surface area (Å²) in [6, 6.07) is 3.92. The number of aromatic nitrogens is 1. The molecule has 0 spiro atoms. The van der Waals surface area contributed by atoms with Gasteiger partial charge in [-0.25, -0.2) is 22.2 Å².